The molecule has 0 radical (unpaired) electrons. The number of carbonyl (C=O) groups is 3. The number of amides is 3. The number of hydrogen-bond donors (Lipinski definition) is 4. The second kappa shape index (κ2) is 13.0. The fourth-order valence-electron chi connectivity index (χ4n) is 4.99. The van der Waals surface area contributed by atoms with Crippen molar-refractivity contribution in [2.24, 2.45) is 5.92 Å². The summed E-state index contributed by atoms with van der Waals surface area (Å²) in [5.74, 6) is -1.27. The number of halogens is 2. The molecule has 0 aliphatic carbocycles. The minimum absolute atomic E-state index is 0.0326. The maximum absolute atomic E-state index is 14.6. The predicted octanol–water partition coefficient (Wildman–Crippen LogP) is 4.95. The molecule has 2 aromatic carbocycles. The molecule has 3 amide bonds. The second-order valence-electron chi connectivity index (χ2n) is 10.2. The number of aromatic nitrogens is 2. The predicted molar refractivity (Wildman–Crippen MR) is 149 cm³/mol. The van der Waals surface area contributed by atoms with Gasteiger partial charge in [-0.15, -0.1) is 0 Å². The lowest BCUT2D eigenvalue weighted by atomic mass is 9.92. The molecule has 2 bridgehead atoms. The van der Waals surface area contributed by atoms with E-state index in [0.29, 0.717) is 43.4 Å². The molecule has 0 spiro atoms. The van der Waals surface area contributed by atoms with Crippen molar-refractivity contribution < 1.29 is 23.9 Å². The first-order chi connectivity index (χ1) is 19.1. The third-order valence-corrected chi connectivity index (χ3v) is 7.54. The van der Waals surface area contributed by atoms with E-state index in [1.54, 1.807) is 19.1 Å². The Bertz CT molecular complexity index is 1390. The Hall–Kier alpha value is -3.92. The summed E-state index contributed by atoms with van der Waals surface area (Å²) in [5, 5.41) is 21.7. The second-order valence-corrected chi connectivity index (χ2v) is 10.6. The SMILES string of the molecule is Cc1c(C(=O)N[C@H]2CCC[C@@H](C)C(=O)N[C@@H](CCNC(=O)O)Cc3cccc2c3)cnn1-c1cccc(Cl)c1F. The summed E-state index contributed by atoms with van der Waals surface area (Å²) in [6.07, 6.45) is 3.22. The maximum Gasteiger partial charge on any atom is 0.404 e. The molecule has 9 nitrogen and oxygen atoms in total. The summed E-state index contributed by atoms with van der Waals surface area (Å²) in [7, 11) is 0. The summed E-state index contributed by atoms with van der Waals surface area (Å²) in [6, 6.07) is 11.9. The van der Waals surface area contributed by atoms with Crippen LogP contribution in [0, 0.1) is 18.7 Å². The Morgan fingerprint density at radius 3 is 2.77 bits per heavy atom. The third kappa shape index (κ3) is 6.98. The Morgan fingerprint density at radius 2 is 2.00 bits per heavy atom. The first-order valence-electron chi connectivity index (χ1n) is 13.3. The molecular weight excluding hydrogens is 537 g/mol. The zero-order valence-electron chi connectivity index (χ0n) is 22.4. The van der Waals surface area contributed by atoms with Gasteiger partial charge in [0.05, 0.1) is 28.5 Å². The summed E-state index contributed by atoms with van der Waals surface area (Å²) in [6.45, 7) is 3.79. The molecule has 40 heavy (non-hydrogen) atoms. The van der Waals surface area contributed by atoms with Crippen LogP contribution in [0.5, 0.6) is 0 Å². The van der Waals surface area contributed by atoms with Gasteiger partial charge in [-0.05, 0) is 55.9 Å². The summed E-state index contributed by atoms with van der Waals surface area (Å²) >= 11 is 5.94. The van der Waals surface area contributed by atoms with Gasteiger partial charge >= 0.3 is 6.09 Å². The van der Waals surface area contributed by atoms with Gasteiger partial charge < -0.3 is 21.1 Å². The fraction of sp³-hybridized carbons (Fsp3) is 0.379. The highest BCUT2D eigenvalue weighted by Crippen LogP contribution is 2.26. The van der Waals surface area contributed by atoms with E-state index in [9.17, 15) is 18.8 Å². The van der Waals surface area contributed by atoms with Crippen molar-refractivity contribution in [1.82, 2.24) is 25.7 Å². The standard InChI is InChI=1S/C29H33ClFN5O4/c1-17-6-3-10-24(20-8-4-7-19(14-20)15-21(34-27(17)37)12-13-32-29(39)40)35-28(38)22-16-33-36(18(22)2)25-11-5-9-23(30)26(25)31/h4-5,7-9,11,14,16-17,21,24,32H,3,6,10,12-13,15H2,1-2H3,(H,34,37)(H,35,38)(H,39,40)/t17-,21+,24+/m1/s1. The normalized spacial score (nSPS) is 19.6. The molecule has 3 atom stereocenters. The van der Waals surface area contributed by atoms with Gasteiger partial charge in [0.15, 0.2) is 5.82 Å². The lowest BCUT2D eigenvalue weighted by molar-refractivity contribution is -0.125. The van der Waals surface area contributed by atoms with Crippen LogP contribution in [0.15, 0.2) is 48.7 Å². The van der Waals surface area contributed by atoms with E-state index in [-0.39, 0.29) is 47.1 Å². The number of rotatable bonds is 6. The molecule has 4 rings (SSSR count). The zero-order valence-corrected chi connectivity index (χ0v) is 23.2. The molecule has 0 saturated heterocycles. The minimum Gasteiger partial charge on any atom is -0.465 e. The summed E-state index contributed by atoms with van der Waals surface area (Å²) < 4.78 is 16.0. The Morgan fingerprint density at radius 1 is 1.23 bits per heavy atom. The first kappa shape index (κ1) is 29.1. The molecule has 2 heterocycles. The van der Waals surface area contributed by atoms with Crippen LogP contribution in [0.3, 0.4) is 0 Å². The third-order valence-electron chi connectivity index (χ3n) is 7.25. The van der Waals surface area contributed by atoms with E-state index >= 15 is 0 Å². The molecule has 212 valence electrons. The lowest BCUT2D eigenvalue weighted by Crippen LogP contribution is -2.41. The zero-order chi connectivity index (χ0) is 28.8. The van der Waals surface area contributed by atoms with Crippen LogP contribution in [0.2, 0.25) is 5.02 Å². The molecule has 0 saturated carbocycles. The van der Waals surface area contributed by atoms with Gasteiger partial charge in [0, 0.05) is 18.5 Å². The molecule has 11 heteroatoms. The van der Waals surface area contributed by atoms with Gasteiger partial charge in [-0.1, -0.05) is 55.3 Å². The Kier molecular flexibility index (Phi) is 9.42. The fourth-order valence-corrected chi connectivity index (χ4v) is 5.16. The lowest BCUT2D eigenvalue weighted by Gasteiger charge is -2.25. The molecule has 1 aliphatic rings. The van der Waals surface area contributed by atoms with Crippen molar-refractivity contribution in [3.05, 3.63) is 81.9 Å². The van der Waals surface area contributed by atoms with Crippen LogP contribution in [0.1, 0.15) is 65.8 Å². The van der Waals surface area contributed by atoms with Crippen LogP contribution >= 0.6 is 11.6 Å². The number of hydrogen-bond acceptors (Lipinski definition) is 4. The number of nitrogens with one attached hydrogen (secondary N) is 3. The topological polar surface area (TPSA) is 125 Å². The highest BCUT2D eigenvalue weighted by molar-refractivity contribution is 6.30. The van der Waals surface area contributed by atoms with Crippen molar-refractivity contribution in [3.8, 4) is 5.69 Å². The van der Waals surface area contributed by atoms with Crippen molar-refractivity contribution in [2.45, 2.75) is 58.0 Å². The number of nitrogens with zero attached hydrogens (tertiary/aromatic N) is 2. The number of fused-ring (bicyclic) bond motifs is 2. The molecular formula is C29H33ClFN5O4. The highest BCUT2D eigenvalue weighted by atomic mass is 35.5. The average Bonchev–Trinajstić information content (AvgIpc) is 3.29. The van der Waals surface area contributed by atoms with Gasteiger partial charge in [-0.25, -0.2) is 13.9 Å². The van der Waals surface area contributed by atoms with Crippen molar-refractivity contribution in [2.75, 3.05) is 6.54 Å². The van der Waals surface area contributed by atoms with Gasteiger partial charge in [0.25, 0.3) is 5.91 Å². The van der Waals surface area contributed by atoms with Crippen LogP contribution in [0.4, 0.5) is 9.18 Å². The van der Waals surface area contributed by atoms with Gasteiger partial charge in [0.2, 0.25) is 5.91 Å². The maximum atomic E-state index is 14.6. The molecule has 3 aromatic rings. The quantitative estimate of drug-likeness (QED) is 0.334. The number of benzene rings is 2. The van der Waals surface area contributed by atoms with E-state index in [0.717, 1.165) is 11.1 Å². The smallest absolute Gasteiger partial charge is 0.404 e. The average molecular weight is 570 g/mol. The molecule has 1 aliphatic heterocycles. The first-order valence-corrected chi connectivity index (χ1v) is 13.7. The highest BCUT2D eigenvalue weighted by Gasteiger charge is 2.24. The van der Waals surface area contributed by atoms with E-state index in [1.165, 1.54) is 16.9 Å². The van der Waals surface area contributed by atoms with E-state index < -0.39 is 11.9 Å². The van der Waals surface area contributed by atoms with Gasteiger partial charge in [-0.3, -0.25) is 9.59 Å². The van der Waals surface area contributed by atoms with Crippen LogP contribution < -0.4 is 16.0 Å². The van der Waals surface area contributed by atoms with Crippen molar-refractivity contribution >= 4 is 29.5 Å². The van der Waals surface area contributed by atoms with Crippen molar-refractivity contribution in [3.63, 3.8) is 0 Å². The number of carboxylic acid groups (broad SMARTS) is 1. The van der Waals surface area contributed by atoms with Gasteiger partial charge in [0.1, 0.15) is 5.69 Å². The molecule has 0 fully saturated rings. The summed E-state index contributed by atoms with van der Waals surface area (Å²) in [4.78, 5) is 37.2. The number of carbonyl (C=O) groups excluding carboxylic acids is 2. The minimum atomic E-state index is -1.10. The Balaban J connectivity index is 1.57. The van der Waals surface area contributed by atoms with Crippen LogP contribution in [-0.2, 0) is 11.2 Å². The molecule has 0 unspecified atom stereocenters. The van der Waals surface area contributed by atoms with Crippen LogP contribution in [0.25, 0.3) is 5.69 Å². The van der Waals surface area contributed by atoms with E-state index in [1.807, 2.05) is 31.2 Å². The van der Waals surface area contributed by atoms with E-state index in [4.69, 9.17) is 16.7 Å². The van der Waals surface area contributed by atoms with Gasteiger partial charge in [-0.2, -0.15) is 5.10 Å². The van der Waals surface area contributed by atoms with E-state index in [2.05, 4.69) is 21.0 Å². The largest absolute Gasteiger partial charge is 0.465 e. The van der Waals surface area contributed by atoms with Crippen LogP contribution in [-0.4, -0.2) is 45.4 Å². The molecule has 4 N–H and O–H groups in total. The molecule has 1 aromatic heterocycles. The monoisotopic (exact) mass is 569 g/mol. The van der Waals surface area contributed by atoms with Crippen molar-refractivity contribution in [1.29, 1.82) is 0 Å². The summed E-state index contributed by atoms with van der Waals surface area (Å²) in [5.41, 5.74) is 2.84. The Labute approximate surface area is 237 Å².